The number of esters is 1. The molecule has 34 heavy (non-hydrogen) atoms. The normalized spacial score (nSPS) is 11.9. The third-order valence-electron chi connectivity index (χ3n) is 5.20. The second kappa shape index (κ2) is 8.99. The standard InChI is InChI=1S/C24H15BrN2O7/c1-12-6-9-18(17(25)10-12)26-19(28)11-34-24(31)16-8-7-15-20(21(16)27(32)33)23(30)14-5-3-2-4-13(14)22(15)29/h2-10H,11H2,1H3,(H,26,28). The van der Waals surface area contributed by atoms with Crippen molar-refractivity contribution in [1.29, 1.82) is 0 Å². The lowest BCUT2D eigenvalue weighted by molar-refractivity contribution is -0.385. The van der Waals surface area contributed by atoms with Gasteiger partial charge in [0.05, 0.1) is 10.6 Å². The smallest absolute Gasteiger partial charge is 0.345 e. The van der Waals surface area contributed by atoms with Crippen molar-refractivity contribution in [2.75, 3.05) is 11.9 Å². The summed E-state index contributed by atoms with van der Waals surface area (Å²) in [6, 6.07) is 13.4. The molecule has 0 radical (unpaired) electrons. The highest BCUT2D eigenvalue weighted by Crippen LogP contribution is 2.35. The van der Waals surface area contributed by atoms with Crippen molar-refractivity contribution in [1.82, 2.24) is 0 Å². The summed E-state index contributed by atoms with van der Waals surface area (Å²) in [4.78, 5) is 61.6. The Morgan fingerprint density at radius 3 is 2.32 bits per heavy atom. The average molecular weight is 523 g/mol. The second-order valence-corrected chi connectivity index (χ2v) is 8.31. The number of nitrogens with one attached hydrogen (secondary N) is 1. The number of fused-ring (bicyclic) bond motifs is 2. The first-order valence-electron chi connectivity index (χ1n) is 9.92. The van der Waals surface area contributed by atoms with E-state index < -0.39 is 51.8 Å². The Balaban J connectivity index is 1.60. The molecule has 1 aliphatic carbocycles. The number of rotatable bonds is 5. The molecule has 1 amide bonds. The van der Waals surface area contributed by atoms with Crippen molar-refractivity contribution in [2.24, 2.45) is 0 Å². The monoisotopic (exact) mass is 522 g/mol. The molecule has 9 nitrogen and oxygen atoms in total. The predicted octanol–water partition coefficient (Wildman–Crippen LogP) is 4.24. The summed E-state index contributed by atoms with van der Waals surface area (Å²) in [6.45, 7) is 1.16. The summed E-state index contributed by atoms with van der Waals surface area (Å²) in [5.74, 6) is -3.14. The topological polar surface area (TPSA) is 133 Å². The molecule has 0 unspecified atom stereocenters. The molecule has 0 bridgehead atoms. The Kier molecular flexibility index (Phi) is 6.08. The molecule has 3 aromatic rings. The maximum absolute atomic E-state index is 13.0. The molecule has 4 rings (SSSR count). The highest BCUT2D eigenvalue weighted by atomic mass is 79.9. The lowest BCUT2D eigenvalue weighted by Crippen LogP contribution is -2.25. The van der Waals surface area contributed by atoms with Gasteiger partial charge in [-0.05, 0) is 52.7 Å². The van der Waals surface area contributed by atoms with E-state index in [4.69, 9.17) is 4.74 Å². The fourth-order valence-electron chi connectivity index (χ4n) is 3.64. The Hall–Kier alpha value is -4.18. The van der Waals surface area contributed by atoms with Crippen LogP contribution in [0.5, 0.6) is 0 Å². The molecule has 0 heterocycles. The fourth-order valence-corrected chi connectivity index (χ4v) is 4.23. The van der Waals surface area contributed by atoms with Crippen LogP contribution < -0.4 is 5.32 Å². The Bertz CT molecular complexity index is 1410. The summed E-state index contributed by atoms with van der Waals surface area (Å²) in [6.07, 6.45) is 0. The predicted molar refractivity (Wildman–Crippen MR) is 124 cm³/mol. The van der Waals surface area contributed by atoms with Crippen LogP contribution in [-0.2, 0) is 9.53 Å². The first-order chi connectivity index (χ1) is 16.2. The van der Waals surface area contributed by atoms with Gasteiger partial charge in [-0.1, -0.05) is 30.3 Å². The molecule has 10 heteroatoms. The zero-order chi connectivity index (χ0) is 24.6. The second-order valence-electron chi connectivity index (χ2n) is 7.45. The number of benzene rings is 3. The summed E-state index contributed by atoms with van der Waals surface area (Å²) in [7, 11) is 0. The lowest BCUT2D eigenvalue weighted by atomic mass is 9.82. The Labute approximate surface area is 201 Å². The van der Waals surface area contributed by atoms with Crippen LogP contribution in [0.1, 0.15) is 47.8 Å². The number of ether oxygens (including phenoxy) is 1. The van der Waals surface area contributed by atoms with Gasteiger partial charge in [-0.25, -0.2) is 4.79 Å². The number of halogens is 1. The van der Waals surface area contributed by atoms with Gasteiger partial charge < -0.3 is 10.1 Å². The van der Waals surface area contributed by atoms with Gasteiger partial charge in [-0.15, -0.1) is 0 Å². The van der Waals surface area contributed by atoms with Gasteiger partial charge in [-0.3, -0.25) is 24.5 Å². The molecule has 0 saturated carbocycles. The summed E-state index contributed by atoms with van der Waals surface area (Å²) >= 11 is 3.32. The fraction of sp³-hybridized carbons (Fsp3) is 0.0833. The van der Waals surface area contributed by atoms with E-state index in [0.717, 1.165) is 11.6 Å². The largest absolute Gasteiger partial charge is 0.452 e. The summed E-state index contributed by atoms with van der Waals surface area (Å²) < 4.78 is 5.60. The number of carbonyl (C=O) groups is 4. The van der Waals surface area contributed by atoms with Crippen molar-refractivity contribution in [3.8, 4) is 0 Å². The molecule has 1 aliphatic rings. The van der Waals surface area contributed by atoms with E-state index in [2.05, 4.69) is 21.2 Å². The van der Waals surface area contributed by atoms with E-state index in [9.17, 15) is 29.3 Å². The molecule has 0 saturated heterocycles. The van der Waals surface area contributed by atoms with Gasteiger partial charge in [0.2, 0.25) is 5.78 Å². The number of anilines is 1. The van der Waals surface area contributed by atoms with Crippen LogP contribution in [0.15, 0.2) is 59.1 Å². The Morgan fingerprint density at radius 2 is 1.68 bits per heavy atom. The number of ketones is 2. The van der Waals surface area contributed by atoms with Gasteiger partial charge in [0.15, 0.2) is 12.4 Å². The minimum atomic E-state index is -1.17. The number of hydrogen-bond donors (Lipinski definition) is 1. The van der Waals surface area contributed by atoms with Crippen LogP contribution in [0, 0.1) is 17.0 Å². The number of aryl methyl sites for hydroxylation is 1. The van der Waals surface area contributed by atoms with Crippen molar-refractivity contribution in [3.63, 3.8) is 0 Å². The molecular weight excluding hydrogens is 508 g/mol. The SMILES string of the molecule is Cc1ccc(NC(=O)COC(=O)c2ccc3c(c2[N+](=O)[O-])C(=O)c2ccccc2C3=O)c(Br)c1. The maximum Gasteiger partial charge on any atom is 0.345 e. The highest BCUT2D eigenvalue weighted by Gasteiger charge is 2.39. The van der Waals surface area contributed by atoms with Gasteiger partial charge in [0, 0.05) is 21.2 Å². The van der Waals surface area contributed by atoms with Crippen LogP contribution in [0.4, 0.5) is 11.4 Å². The minimum absolute atomic E-state index is 0.0108. The molecule has 0 aromatic heterocycles. The number of amides is 1. The van der Waals surface area contributed by atoms with E-state index in [1.807, 2.05) is 6.92 Å². The molecule has 0 fully saturated rings. The Morgan fingerprint density at radius 1 is 1.00 bits per heavy atom. The van der Waals surface area contributed by atoms with Gasteiger partial charge in [0.1, 0.15) is 11.1 Å². The molecule has 1 N–H and O–H groups in total. The van der Waals surface area contributed by atoms with Crippen molar-refractivity contribution in [3.05, 3.63) is 103 Å². The number of nitro groups is 1. The molecule has 0 atom stereocenters. The van der Waals surface area contributed by atoms with Crippen LogP contribution in [0.3, 0.4) is 0 Å². The quantitative estimate of drug-likeness (QED) is 0.235. The number of carbonyl (C=O) groups excluding carboxylic acids is 4. The van der Waals surface area contributed by atoms with E-state index in [1.165, 1.54) is 24.3 Å². The van der Waals surface area contributed by atoms with Crippen LogP contribution in [-0.4, -0.2) is 35.0 Å². The number of nitro benzene ring substituents is 1. The number of hydrogen-bond acceptors (Lipinski definition) is 7. The van der Waals surface area contributed by atoms with Gasteiger partial charge in [0.25, 0.3) is 11.6 Å². The van der Waals surface area contributed by atoms with Gasteiger partial charge >= 0.3 is 5.97 Å². The molecular formula is C24H15BrN2O7. The molecule has 170 valence electrons. The van der Waals surface area contributed by atoms with E-state index in [0.29, 0.717) is 10.2 Å². The van der Waals surface area contributed by atoms with Crippen LogP contribution in [0.2, 0.25) is 0 Å². The maximum atomic E-state index is 13.0. The van der Waals surface area contributed by atoms with Crippen molar-refractivity contribution < 1.29 is 28.8 Å². The summed E-state index contributed by atoms with van der Waals surface area (Å²) in [5, 5.41) is 14.4. The zero-order valence-electron chi connectivity index (χ0n) is 17.6. The third kappa shape index (κ3) is 4.11. The van der Waals surface area contributed by atoms with E-state index in [1.54, 1.807) is 24.3 Å². The molecule has 0 spiro atoms. The van der Waals surface area contributed by atoms with Gasteiger partial charge in [-0.2, -0.15) is 0 Å². The van der Waals surface area contributed by atoms with Crippen LogP contribution in [0.25, 0.3) is 0 Å². The number of nitrogens with zero attached hydrogens (tertiary/aromatic N) is 1. The molecule has 3 aromatic carbocycles. The van der Waals surface area contributed by atoms with E-state index >= 15 is 0 Å². The third-order valence-corrected chi connectivity index (χ3v) is 5.86. The van der Waals surface area contributed by atoms with Crippen LogP contribution >= 0.6 is 15.9 Å². The first kappa shape index (κ1) is 23.0. The van der Waals surface area contributed by atoms with E-state index in [-0.39, 0.29) is 16.7 Å². The highest BCUT2D eigenvalue weighted by molar-refractivity contribution is 9.10. The average Bonchev–Trinajstić information content (AvgIpc) is 2.81. The van der Waals surface area contributed by atoms with Crippen molar-refractivity contribution in [2.45, 2.75) is 6.92 Å². The zero-order valence-corrected chi connectivity index (χ0v) is 19.2. The minimum Gasteiger partial charge on any atom is -0.452 e. The molecule has 0 aliphatic heterocycles. The lowest BCUT2D eigenvalue weighted by Gasteiger charge is -2.18. The first-order valence-corrected chi connectivity index (χ1v) is 10.7. The summed E-state index contributed by atoms with van der Waals surface area (Å²) in [5.41, 5.74) is -0.461. The van der Waals surface area contributed by atoms with Crippen molar-refractivity contribution >= 4 is 50.7 Å².